The van der Waals surface area contributed by atoms with Crippen molar-refractivity contribution in [1.82, 2.24) is 10.3 Å². The van der Waals surface area contributed by atoms with Gasteiger partial charge in [-0.05, 0) is 48.0 Å². The summed E-state index contributed by atoms with van der Waals surface area (Å²) in [4.78, 5) is 16.0. The van der Waals surface area contributed by atoms with Gasteiger partial charge >= 0.3 is 0 Å². The lowest BCUT2D eigenvalue weighted by atomic mass is 10.1. The molecule has 3 rings (SSSR count). The van der Waals surface area contributed by atoms with E-state index in [1.165, 1.54) is 30.5 Å². The summed E-state index contributed by atoms with van der Waals surface area (Å²) in [7, 11) is 3.12. The molecule has 1 heterocycles. The highest BCUT2D eigenvalue weighted by Crippen LogP contribution is 2.25. The molecule has 1 N–H and O–H groups in total. The predicted molar refractivity (Wildman–Crippen MR) is 111 cm³/mol. The number of hydrogen-bond donors (Lipinski definition) is 1. The summed E-state index contributed by atoms with van der Waals surface area (Å²) in [5, 5.41) is 2.77. The molecule has 6 nitrogen and oxygen atoms in total. The van der Waals surface area contributed by atoms with Crippen LogP contribution < -0.4 is 19.5 Å². The molecule has 0 spiro atoms. The van der Waals surface area contributed by atoms with E-state index in [0.717, 1.165) is 5.56 Å². The maximum atomic E-state index is 14.3. The number of carbonyl (C=O) groups is 1. The van der Waals surface area contributed by atoms with Gasteiger partial charge in [0.05, 0.1) is 20.4 Å². The summed E-state index contributed by atoms with van der Waals surface area (Å²) >= 11 is 0. The van der Waals surface area contributed by atoms with Crippen molar-refractivity contribution in [1.29, 1.82) is 0 Å². The van der Waals surface area contributed by atoms with Crippen molar-refractivity contribution < 1.29 is 23.4 Å². The zero-order chi connectivity index (χ0) is 21.3. The second-order valence-corrected chi connectivity index (χ2v) is 6.21. The van der Waals surface area contributed by atoms with Crippen molar-refractivity contribution in [2.24, 2.45) is 0 Å². The Morgan fingerprint density at radius 1 is 1.07 bits per heavy atom. The highest BCUT2D eigenvalue weighted by Gasteiger charge is 2.07. The minimum absolute atomic E-state index is 0.0798. The minimum Gasteiger partial charge on any atom is -0.497 e. The fourth-order valence-electron chi connectivity index (χ4n) is 2.65. The van der Waals surface area contributed by atoms with Gasteiger partial charge in [0, 0.05) is 30.4 Å². The van der Waals surface area contributed by atoms with Crippen molar-refractivity contribution in [3.63, 3.8) is 0 Å². The second kappa shape index (κ2) is 10.1. The van der Waals surface area contributed by atoms with Gasteiger partial charge in [0.2, 0.25) is 5.91 Å². The third-order valence-electron chi connectivity index (χ3n) is 4.19. The van der Waals surface area contributed by atoms with Crippen molar-refractivity contribution in [2.75, 3.05) is 14.2 Å². The summed E-state index contributed by atoms with van der Waals surface area (Å²) < 4.78 is 30.2. The summed E-state index contributed by atoms with van der Waals surface area (Å²) in [6.45, 7) is 0.280. The number of benzene rings is 2. The van der Waals surface area contributed by atoms with Crippen LogP contribution in [-0.2, 0) is 11.3 Å². The first-order valence-electron chi connectivity index (χ1n) is 9.13. The summed E-state index contributed by atoms with van der Waals surface area (Å²) in [6, 6.07) is 13.2. The third-order valence-corrected chi connectivity index (χ3v) is 4.19. The highest BCUT2D eigenvalue weighted by atomic mass is 19.1. The van der Waals surface area contributed by atoms with Gasteiger partial charge in [0.25, 0.3) is 0 Å². The monoisotopic (exact) mass is 408 g/mol. The number of nitrogens with zero attached hydrogens (tertiary/aromatic N) is 1. The Morgan fingerprint density at radius 2 is 1.93 bits per heavy atom. The first-order chi connectivity index (χ1) is 14.6. The second-order valence-electron chi connectivity index (χ2n) is 6.21. The van der Waals surface area contributed by atoms with E-state index in [1.54, 1.807) is 50.7 Å². The Hall–Kier alpha value is -3.87. The molecule has 0 unspecified atom stereocenters. The Kier molecular flexibility index (Phi) is 7.00. The maximum Gasteiger partial charge on any atom is 0.244 e. The van der Waals surface area contributed by atoms with E-state index in [1.807, 2.05) is 6.07 Å². The Balaban J connectivity index is 1.59. The lowest BCUT2D eigenvalue weighted by Crippen LogP contribution is -2.20. The van der Waals surface area contributed by atoms with Crippen molar-refractivity contribution in [3.8, 4) is 23.0 Å². The molecule has 0 aliphatic heterocycles. The molecule has 0 aliphatic rings. The molecule has 7 heteroatoms. The minimum atomic E-state index is -0.538. The number of halogens is 1. The zero-order valence-corrected chi connectivity index (χ0v) is 16.6. The number of ether oxygens (including phenoxy) is 3. The maximum absolute atomic E-state index is 14.3. The number of methoxy groups -OCH3 is 2. The Labute approximate surface area is 173 Å². The number of nitrogens with one attached hydrogen (secondary N) is 1. The molecule has 3 aromatic rings. The molecular weight excluding hydrogens is 387 g/mol. The molecule has 0 bridgehead atoms. The van der Waals surface area contributed by atoms with Gasteiger partial charge in [-0.15, -0.1) is 0 Å². The van der Waals surface area contributed by atoms with Crippen LogP contribution in [0.1, 0.15) is 11.1 Å². The summed E-state index contributed by atoms with van der Waals surface area (Å²) in [6.07, 6.45) is 5.96. The van der Waals surface area contributed by atoms with Gasteiger partial charge in [0.1, 0.15) is 17.2 Å². The summed E-state index contributed by atoms with van der Waals surface area (Å²) in [5.74, 6) is 0.947. The van der Waals surface area contributed by atoms with E-state index in [-0.39, 0.29) is 18.2 Å². The smallest absolute Gasteiger partial charge is 0.244 e. The van der Waals surface area contributed by atoms with Gasteiger partial charge < -0.3 is 19.5 Å². The molecule has 1 amide bonds. The van der Waals surface area contributed by atoms with Crippen LogP contribution in [0.4, 0.5) is 4.39 Å². The first-order valence-corrected chi connectivity index (χ1v) is 9.13. The molecule has 0 saturated carbocycles. The number of carbonyl (C=O) groups excluding carboxylic acids is 1. The van der Waals surface area contributed by atoms with Gasteiger partial charge in [-0.2, -0.15) is 0 Å². The quantitative estimate of drug-likeness (QED) is 0.561. The number of amides is 1. The molecule has 0 aliphatic carbocycles. The molecular formula is C23H21FN2O4. The van der Waals surface area contributed by atoms with E-state index in [0.29, 0.717) is 22.8 Å². The molecule has 2 aromatic carbocycles. The van der Waals surface area contributed by atoms with Gasteiger partial charge in [-0.3, -0.25) is 9.78 Å². The molecule has 1 aromatic heterocycles. The summed E-state index contributed by atoms with van der Waals surface area (Å²) in [5.41, 5.74) is 1.34. The largest absolute Gasteiger partial charge is 0.497 e. The van der Waals surface area contributed by atoms with Gasteiger partial charge in [-0.1, -0.05) is 6.07 Å². The van der Waals surface area contributed by atoms with Crippen LogP contribution in [0.3, 0.4) is 0 Å². The lowest BCUT2D eigenvalue weighted by Gasteiger charge is -2.10. The highest BCUT2D eigenvalue weighted by molar-refractivity contribution is 5.91. The van der Waals surface area contributed by atoms with Gasteiger partial charge in [0.15, 0.2) is 11.6 Å². The van der Waals surface area contributed by atoms with E-state index in [9.17, 15) is 9.18 Å². The van der Waals surface area contributed by atoms with Gasteiger partial charge in [-0.25, -0.2) is 4.39 Å². The van der Waals surface area contributed by atoms with Crippen LogP contribution in [0.2, 0.25) is 0 Å². The van der Waals surface area contributed by atoms with Crippen LogP contribution in [0.5, 0.6) is 23.0 Å². The number of pyridine rings is 1. The standard InChI is InChI=1S/C23H21FN2O4/c1-28-18-8-7-17(22(13-18)29-2)14-26-23(27)10-6-16-5-9-21(20(24)12-16)30-19-4-3-11-25-15-19/h3-13,15H,14H2,1-2H3,(H,26,27)/b10-6+. The SMILES string of the molecule is COc1ccc(CNC(=O)/C=C/c2ccc(Oc3cccnc3)c(F)c2)c(OC)c1. The van der Waals surface area contributed by atoms with Crippen LogP contribution in [0, 0.1) is 5.82 Å². The average molecular weight is 408 g/mol. The molecule has 0 atom stereocenters. The molecule has 30 heavy (non-hydrogen) atoms. The zero-order valence-electron chi connectivity index (χ0n) is 16.6. The number of hydrogen-bond acceptors (Lipinski definition) is 5. The van der Waals surface area contributed by atoms with Crippen LogP contribution in [0.25, 0.3) is 6.08 Å². The molecule has 0 radical (unpaired) electrons. The fraction of sp³-hybridized carbons (Fsp3) is 0.130. The third kappa shape index (κ3) is 5.57. The van der Waals surface area contributed by atoms with E-state index >= 15 is 0 Å². The van der Waals surface area contributed by atoms with Crippen LogP contribution in [-0.4, -0.2) is 25.1 Å². The van der Waals surface area contributed by atoms with Crippen molar-refractivity contribution in [3.05, 3.63) is 83.9 Å². The van der Waals surface area contributed by atoms with Crippen LogP contribution in [0.15, 0.2) is 67.0 Å². The molecule has 154 valence electrons. The Bertz CT molecular complexity index is 1040. The average Bonchev–Trinajstić information content (AvgIpc) is 2.78. The van der Waals surface area contributed by atoms with Crippen LogP contribution >= 0.6 is 0 Å². The normalized spacial score (nSPS) is 10.6. The van der Waals surface area contributed by atoms with E-state index in [2.05, 4.69) is 10.3 Å². The van der Waals surface area contributed by atoms with E-state index in [4.69, 9.17) is 14.2 Å². The fourth-order valence-corrected chi connectivity index (χ4v) is 2.65. The first kappa shape index (κ1) is 20.9. The van der Waals surface area contributed by atoms with E-state index < -0.39 is 5.82 Å². The number of aromatic nitrogens is 1. The molecule has 0 saturated heterocycles. The lowest BCUT2D eigenvalue weighted by molar-refractivity contribution is -0.116. The predicted octanol–water partition coefficient (Wildman–Crippen LogP) is 4.36. The number of rotatable bonds is 8. The topological polar surface area (TPSA) is 69.7 Å². The van der Waals surface area contributed by atoms with Crippen molar-refractivity contribution in [2.45, 2.75) is 6.54 Å². The van der Waals surface area contributed by atoms with Crippen molar-refractivity contribution >= 4 is 12.0 Å². The molecule has 0 fully saturated rings. The Morgan fingerprint density at radius 3 is 2.63 bits per heavy atom.